The number of aromatic hydroxyl groups is 1. The molecule has 0 unspecified atom stereocenters. The Bertz CT molecular complexity index is 789. The molecule has 7 heteroatoms. The maximum atomic E-state index is 9.41. The van der Waals surface area contributed by atoms with Crippen LogP contribution in [0.15, 0.2) is 42.5 Å². The summed E-state index contributed by atoms with van der Waals surface area (Å²) >= 11 is 5.55. The van der Waals surface area contributed by atoms with Gasteiger partial charge in [0.15, 0.2) is 16.6 Å². The zero-order valence-electron chi connectivity index (χ0n) is 14.4. The number of ether oxygens (including phenoxy) is 2. The molecule has 2 heterocycles. The molecule has 0 aliphatic carbocycles. The van der Waals surface area contributed by atoms with Crippen LogP contribution in [-0.2, 0) is 6.54 Å². The number of hydrogen-bond acceptors (Lipinski definition) is 5. The lowest BCUT2D eigenvalue weighted by atomic mass is 10.2. The second-order valence-electron chi connectivity index (χ2n) is 6.34. The summed E-state index contributed by atoms with van der Waals surface area (Å²) in [6.45, 7) is 4.48. The van der Waals surface area contributed by atoms with Gasteiger partial charge in [-0.3, -0.25) is 0 Å². The minimum atomic E-state index is 0.288. The highest BCUT2D eigenvalue weighted by atomic mass is 32.1. The number of rotatable bonds is 3. The third-order valence-corrected chi connectivity index (χ3v) is 5.06. The molecular weight excluding hydrogens is 350 g/mol. The van der Waals surface area contributed by atoms with Crippen molar-refractivity contribution < 1.29 is 14.6 Å². The Balaban J connectivity index is 1.27. The van der Waals surface area contributed by atoms with Crippen molar-refractivity contribution in [3.8, 4) is 17.2 Å². The van der Waals surface area contributed by atoms with Crippen molar-refractivity contribution in [2.24, 2.45) is 0 Å². The zero-order valence-corrected chi connectivity index (χ0v) is 15.2. The van der Waals surface area contributed by atoms with E-state index in [2.05, 4.69) is 15.1 Å². The van der Waals surface area contributed by atoms with Crippen molar-refractivity contribution in [2.75, 3.05) is 37.9 Å². The molecule has 0 aromatic heterocycles. The van der Waals surface area contributed by atoms with Gasteiger partial charge in [-0.1, -0.05) is 6.07 Å². The predicted molar refractivity (Wildman–Crippen MR) is 104 cm³/mol. The summed E-state index contributed by atoms with van der Waals surface area (Å²) in [5, 5.41) is 13.5. The highest BCUT2D eigenvalue weighted by molar-refractivity contribution is 7.80. The molecule has 0 saturated carbocycles. The topological polar surface area (TPSA) is 57.2 Å². The Hall–Kier alpha value is -2.67. The summed E-state index contributed by atoms with van der Waals surface area (Å²) in [7, 11) is 0. The molecule has 136 valence electrons. The summed E-state index contributed by atoms with van der Waals surface area (Å²) in [6.07, 6.45) is 0. The van der Waals surface area contributed by atoms with E-state index in [1.54, 1.807) is 12.1 Å². The number of nitrogens with zero attached hydrogens (tertiary/aromatic N) is 2. The first-order valence-corrected chi connectivity index (χ1v) is 9.05. The van der Waals surface area contributed by atoms with E-state index in [9.17, 15) is 5.11 Å². The number of piperazine rings is 1. The number of nitrogens with one attached hydrogen (secondary N) is 1. The van der Waals surface area contributed by atoms with E-state index in [0.717, 1.165) is 54.0 Å². The smallest absolute Gasteiger partial charge is 0.231 e. The summed E-state index contributed by atoms with van der Waals surface area (Å²) in [4.78, 5) is 4.50. The fraction of sp³-hybridized carbons (Fsp3) is 0.316. The number of hydrogen-bond donors (Lipinski definition) is 2. The summed E-state index contributed by atoms with van der Waals surface area (Å²) < 4.78 is 10.7. The van der Waals surface area contributed by atoms with Crippen LogP contribution in [0.4, 0.5) is 5.69 Å². The first kappa shape index (κ1) is 16.8. The lowest BCUT2D eigenvalue weighted by molar-refractivity contribution is 0.174. The molecule has 2 aliphatic rings. The zero-order chi connectivity index (χ0) is 17.9. The second-order valence-corrected chi connectivity index (χ2v) is 6.72. The van der Waals surface area contributed by atoms with Crippen molar-refractivity contribution in [3.05, 3.63) is 48.0 Å². The van der Waals surface area contributed by atoms with E-state index in [-0.39, 0.29) is 6.79 Å². The van der Waals surface area contributed by atoms with Crippen LogP contribution < -0.4 is 19.7 Å². The van der Waals surface area contributed by atoms with Crippen LogP contribution in [0.25, 0.3) is 0 Å². The number of benzene rings is 2. The average Bonchev–Trinajstić information content (AvgIpc) is 3.15. The van der Waals surface area contributed by atoms with Gasteiger partial charge in [-0.2, -0.15) is 0 Å². The average molecular weight is 371 g/mol. The Morgan fingerprint density at radius 3 is 2.50 bits per heavy atom. The molecule has 2 aromatic carbocycles. The van der Waals surface area contributed by atoms with E-state index < -0.39 is 0 Å². The minimum absolute atomic E-state index is 0.288. The maximum Gasteiger partial charge on any atom is 0.231 e. The van der Waals surface area contributed by atoms with Crippen LogP contribution in [0.3, 0.4) is 0 Å². The molecule has 0 radical (unpaired) electrons. The van der Waals surface area contributed by atoms with Crippen LogP contribution >= 0.6 is 12.2 Å². The van der Waals surface area contributed by atoms with E-state index >= 15 is 0 Å². The third-order valence-electron chi connectivity index (χ3n) is 4.66. The Kier molecular flexibility index (Phi) is 4.71. The number of phenols is 1. The van der Waals surface area contributed by atoms with E-state index in [1.807, 2.05) is 30.3 Å². The van der Waals surface area contributed by atoms with Gasteiger partial charge in [0.2, 0.25) is 6.79 Å². The standard InChI is InChI=1S/C19H21N3O3S/c23-16-4-2-15(3-5-16)21-7-9-22(10-8-21)19(26)20-12-14-1-6-17-18(11-14)25-13-24-17/h1-6,11,23H,7-10,12-13H2,(H,20,26). The van der Waals surface area contributed by atoms with Gasteiger partial charge in [0.25, 0.3) is 0 Å². The van der Waals surface area contributed by atoms with Crippen LogP contribution in [0.5, 0.6) is 17.2 Å². The van der Waals surface area contributed by atoms with Gasteiger partial charge in [-0.05, 0) is 54.2 Å². The van der Waals surface area contributed by atoms with Gasteiger partial charge >= 0.3 is 0 Å². The Labute approximate surface area is 157 Å². The SMILES string of the molecule is Oc1ccc(N2CCN(C(=S)NCc3ccc4c(c3)OCO4)CC2)cc1. The monoisotopic (exact) mass is 371 g/mol. The number of thiocarbonyl (C=S) groups is 1. The van der Waals surface area contributed by atoms with Gasteiger partial charge in [0.05, 0.1) is 0 Å². The first-order valence-electron chi connectivity index (χ1n) is 8.64. The fourth-order valence-electron chi connectivity index (χ4n) is 3.17. The highest BCUT2D eigenvalue weighted by Crippen LogP contribution is 2.32. The van der Waals surface area contributed by atoms with E-state index in [4.69, 9.17) is 21.7 Å². The van der Waals surface area contributed by atoms with Crippen LogP contribution in [0.2, 0.25) is 0 Å². The molecule has 2 aromatic rings. The highest BCUT2D eigenvalue weighted by Gasteiger charge is 2.19. The molecule has 6 nitrogen and oxygen atoms in total. The van der Waals surface area contributed by atoms with Crippen molar-refractivity contribution >= 4 is 23.0 Å². The lowest BCUT2D eigenvalue weighted by Gasteiger charge is -2.37. The molecule has 1 fully saturated rings. The van der Waals surface area contributed by atoms with Crippen molar-refractivity contribution in [1.29, 1.82) is 0 Å². The first-order chi connectivity index (χ1) is 12.7. The predicted octanol–water partition coefficient (Wildman–Crippen LogP) is 2.32. The lowest BCUT2D eigenvalue weighted by Crippen LogP contribution is -2.51. The fourth-order valence-corrected chi connectivity index (χ4v) is 3.43. The molecule has 2 N–H and O–H groups in total. The largest absolute Gasteiger partial charge is 0.508 e. The van der Waals surface area contributed by atoms with Crippen molar-refractivity contribution in [1.82, 2.24) is 10.2 Å². The van der Waals surface area contributed by atoms with Crippen LogP contribution in [0, 0.1) is 0 Å². The number of fused-ring (bicyclic) bond motifs is 1. The Morgan fingerprint density at radius 1 is 1.00 bits per heavy atom. The Morgan fingerprint density at radius 2 is 1.73 bits per heavy atom. The quantitative estimate of drug-likeness (QED) is 0.803. The molecule has 0 spiro atoms. The maximum absolute atomic E-state index is 9.41. The van der Waals surface area contributed by atoms with Crippen LogP contribution in [-0.4, -0.2) is 48.1 Å². The molecule has 4 rings (SSSR count). The third kappa shape index (κ3) is 3.62. The van der Waals surface area contributed by atoms with Gasteiger partial charge in [-0.25, -0.2) is 0 Å². The second kappa shape index (κ2) is 7.29. The number of anilines is 1. The summed E-state index contributed by atoms with van der Waals surface area (Å²) in [6, 6.07) is 13.3. The molecule has 1 saturated heterocycles. The van der Waals surface area contributed by atoms with Gasteiger partial charge in [0, 0.05) is 38.4 Å². The van der Waals surface area contributed by atoms with E-state index in [0.29, 0.717) is 12.3 Å². The summed E-state index contributed by atoms with van der Waals surface area (Å²) in [5.41, 5.74) is 2.24. The van der Waals surface area contributed by atoms with Crippen molar-refractivity contribution in [2.45, 2.75) is 6.54 Å². The molecule has 0 amide bonds. The van der Waals surface area contributed by atoms with Crippen LogP contribution in [0.1, 0.15) is 5.56 Å². The van der Waals surface area contributed by atoms with Gasteiger partial charge in [0.1, 0.15) is 5.75 Å². The molecule has 26 heavy (non-hydrogen) atoms. The molecule has 0 bridgehead atoms. The normalized spacial score (nSPS) is 15.8. The van der Waals surface area contributed by atoms with Gasteiger partial charge in [-0.15, -0.1) is 0 Å². The minimum Gasteiger partial charge on any atom is -0.508 e. The molecular formula is C19H21N3O3S. The molecule has 0 atom stereocenters. The number of phenolic OH excluding ortho intramolecular Hbond substituents is 1. The van der Waals surface area contributed by atoms with E-state index in [1.165, 1.54) is 0 Å². The summed E-state index contributed by atoms with van der Waals surface area (Å²) in [5.74, 6) is 1.88. The van der Waals surface area contributed by atoms with Crippen molar-refractivity contribution in [3.63, 3.8) is 0 Å². The molecule has 2 aliphatic heterocycles. The van der Waals surface area contributed by atoms with Gasteiger partial charge < -0.3 is 29.7 Å².